The van der Waals surface area contributed by atoms with Crippen LogP contribution in [0.25, 0.3) is 10.8 Å². The molecule has 5 rings (SSSR count). The highest BCUT2D eigenvalue weighted by Gasteiger charge is 2.28. The molecule has 0 bridgehead atoms. The summed E-state index contributed by atoms with van der Waals surface area (Å²) in [6.07, 6.45) is 0.649. The zero-order valence-electron chi connectivity index (χ0n) is 20.4. The topological polar surface area (TPSA) is 50.8 Å². The zero-order valence-corrected chi connectivity index (χ0v) is 20.4. The number of nitrogens with zero attached hydrogens (tertiary/aromatic N) is 1. The molecule has 1 aliphatic rings. The second-order valence-electron chi connectivity index (χ2n) is 9.04. The third kappa shape index (κ3) is 4.90. The lowest BCUT2D eigenvalue weighted by Gasteiger charge is -2.36. The molecule has 1 unspecified atom stereocenters. The molecule has 6 heteroatoms. The van der Waals surface area contributed by atoms with E-state index in [0.29, 0.717) is 23.5 Å². The van der Waals surface area contributed by atoms with Crippen LogP contribution >= 0.6 is 0 Å². The van der Waals surface area contributed by atoms with E-state index in [0.717, 1.165) is 18.7 Å². The lowest BCUT2D eigenvalue weighted by atomic mass is 9.99. The predicted molar refractivity (Wildman–Crippen MR) is 141 cm³/mol. The van der Waals surface area contributed by atoms with E-state index in [1.807, 2.05) is 11.0 Å². The average Bonchev–Trinajstić information content (AvgIpc) is 2.92. The lowest BCUT2D eigenvalue weighted by molar-refractivity contribution is 0.0600. The molecule has 1 heterocycles. The number of nitrogens with one attached hydrogen (secondary N) is 1. The van der Waals surface area contributed by atoms with Crippen LogP contribution < -0.4 is 15.0 Å². The first-order valence-electron chi connectivity index (χ1n) is 12.2. The Kier molecular flexibility index (Phi) is 6.87. The molecule has 36 heavy (non-hydrogen) atoms. The highest BCUT2D eigenvalue weighted by atomic mass is 19.1. The van der Waals surface area contributed by atoms with Crippen molar-refractivity contribution in [3.8, 4) is 5.75 Å². The SMILES string of the molecule is COC(=O)c1cccc(N2CC(CCN[C@H](C)c3cccc4ccccc34)Oc3ccc(F)cc32)c1. The number of rotatable bonds is 7. The highest BCUT2D eigenvalue weighted by molar-refractivity contribution is 5.91. The van der Waals surface area contributed by atoms with Crippen LogP contribution in [0.3, 0.4) is 0 Å². The van der Waals surface area contributed by atoms with Crippen LogP contribution in [0.15, 0.2) is 84.9 Å². The molecule has 4 aromatic rings. The maximum atomic E-state index is 14.1. The molecule has 0 aliphatic carbocycles. The van der Waals surface area contributed by atoms with E-state index < -0.39 is 5.97 Å². The van der Waals surface area contributed by atoms with E-state index in [1.54, 1.807) is 24.3 Å². The number of halogens is 1. The van der Waals surface area contributed by atoms with Crippen molar-refractivity contribution in [2.24, 2.45) is 0 Å². The summed E-state index contributed by atoms with van der Waals surface area (Å²) in [7, 11) is 1.36. The van der Waals surface area contributed by atoms with Gasteiger partial charge in [0.05, 0.1) is 24.9 Å². The smallest absolute Gasteiger partial charge is 0.337 e. The van der Waals surface area contributed by atoms with Gasteiger partial charge in [0.2, 0.25) is 0 Å². The minimum Gasteiger partial charge on any atom is -0.486 e. The summed E-state index contributed by atoms with van der Waals surface area (Å²) in [5.74, 6) is -0.124. The third-order valence-corrected chi connectivity index (χ3v) is 6.68. The number of carbonyl (C=O) groups excluding carboxylic acids is 1. The molecule has 4 aromatic carbocycles. The Morgan fingerprint density at radius 2 is 1.89 bits per heavy atom. The maximum Gasteiger partial charge on any atom is 0.337 e. The van der Waals surface area contributed by atoms with Gasteiger partial charge in [-0.1, -0.05) is 48.5 Å². The Labute approximate surface area is 210 Å². The van der Waals surface area contributed by atoms with Gasteiger partial charge in [0, 0.05) is 17.8 Å². The summed E-state index contributed by atoms with van der Waals surface area (Å²) in [6.45, 7) is 3.46. The second-order valence-corrected chi connectivity index (χ2v) is 9.04. The first-order valence-corrected chi connectivity index (χ1v) is 12.2. The van der Waals surface area contributed by atoms with Gasteiger partial charge < -0.3 is 19.7 Å². The number of benzene rings is 4. The van der Waals surface area contributed by atoms with Crippen molar-refractivity contribution in [2.45, 2.75) is 25.5 Å². The number of anilines is 2. The minimum atomic E-state index is -0.409. The minimum absolute atomic E-state index is 0.114. The third-order valence-electron chi connectivity index (χ3n) is 6.68. The fourth-order valence-corrected chi connectivity index (χ4v) is 4.83. The van der Waals surface area contributed by atoms with E-state index in [-0.39, 0.29) is 18.0 Å². The lowest BCUT2D eigenvalue weighted by Crippen LogP contribution is -2.39. The molecule has 2 atom stereocenters. The van der Waals surface area contributed by atoms with Crippen molar-refractivity contribution in [1.29, 1.82) is 0 Å². The Balaban J connectivity index is 1.32. The van der Waals surface area contributed by atoms with Crippen molar-refractivity contribution in [2.75, 3.05) is 25.1 Å². The van der Waals surface area contributed by atoms with Crippen LogP contribution in [0, 0.1) is 5.82 Å². The maximum absolute atomic E-state index is 14.1. The first-order chi connectivity index (χ1) is 17.5. The van der Waals surface area contributed by atoms with E-state index >= 15 is 0 Å². The molecule has 0 radical (unpaired) electrons. The van der Waals surface area contributed by atoms with Crippen molar-refractivity contribution < 1.29 is 18.7 Å². The quantitative estimate of drug-likeness (QED) is 0.308. The number of ether oxygens (including phenoxy) is 2. The van der Waals surface area contributed by atoms with Gasteiger partial charge >= 0.3 is 5.97 Å². The summed E-state index contributed by atoms with van der Waals surface area (Å²) < 4.78 is 25.3. The zero-order chi connectivity index (χ0) is 25.1. The van der Waals surface area contributed by atoms with E-state index in [1.165, 1.54) is 35.6 Å². The first kappa shape index (κ1) is 23.8. The summed E-state index contributed by atoms with van der Waals surface area (Å²) in [5.41, 5.74) is 3.14. The number of hydrogen-bond donors (Lipinski definition) is 1. The van der Waals surface area contributed by atoms with E-state index in [4.69, 9.17) is 9.47 Å². The van der Waals surface area contributed by atoms with Gasteiger partial charge in [0.15, 0.2) is 0 Å². The molecule has 0 fully saturated rings. The molecule has 0 aromatic heterocycles. The van der Waals surface area contributed by atoms with Gasteiger partial charge in [-0.2, -0.15) is 0 Å². The van der Waals surface area contributed by atoms with Crippen LogP contribution in [0.2, 0.25) is 0 Å². The Morgan fingerprint density at radius 3 is 2.75 bits per heavy atom. The Hall–Kier alpha value is -3.90. The summed E-state index contributed by atoms with van der Waals surface area (Å²) in [5, 5.41) is 6.12. The number of fused-ring (bicyclic) bond motifs is 2. The molecule has 0 amide bonds. The standard InChI is InChI=1S/C30H29FN2O3/c1-20(26-12-6-8-21-7-3-4-11-27(21)26)32-16-15-25-19-33(28-18-23(31)13-14-29(28)36-25)24-10-5-9-22(17-24)30(34)35-2/h3-14,17-18,20,25,32H,15-16,19H2,1-2H3/t20-,25?/m1/s1. The summed E-state index contributed by atoms with van der Waals surface area (Å²) in [6, 6.07) is 26.7. The Morgan fingerprint density at radius 1 is 1.08 bits per heavy atom. The molecule has 184 valence electrons. The number of esters is 1. The Bertz CT molecular complexity index is 1380. The van der Waals surface area contributed by atoms with Gasteiger partial charge in [-0.25, -0.2) is 9.18 Å². The van der Waals surface area contributed by atoms with Crippen molar-refractivity contribution in [1.82, 2.24) is 5.32 Å². The van der Waals surface area contributed by atoms with Gasteiger partial charge in [0.1, 0.15) is 17.7 Å². The molecule has 5 nitrogen and oxygen atoms in total. The van der Waals surface area contributed by atoms with Crippen molar-refractivity contribution in [3.63, 3.8) is 0 Å². The summed E-state index contributed by atoms with van der Waals surface area (Å²) in [4.78, 5) is 14.1. The normalized spacial score (nSPS) is 15.8. The molecule has 0 saturated carbocycles. The predicted octanol–water partition coefficient (Wildman–Crippen LogP) is 6.41. The average molecular weight is 485 g/mol. The van der Waals surface area contributed by atoms with E-state index in [9.17, 15) is 9.18 Å². The van der Waals surface area contributed by atoms with Gasteiger partial charge in [-0.05, 0) is 66.6 Å². The molecular weight excluding hydrogens is 455 g/mol. The van der Waals surface area contributed by atoms with Crippen molar-refractivity contribution in [3.05, 3.63) is 102 Å². The van der Waals surface area contributed by atoms with Crippen LogP contribution in [0.1, 0.15) is 35.3 Å². The second kappa shape index (κ2) is 10.4. The van der Waals surface area contributed by atoms with Gasteiger partial charge in [0.25, 0.3) is 0 Å². The monoisotopic (exact) mass is 484 g/mol. The van der Waals surface area contributed by atoms with Gasteiger partial charge in [-0.3, -0.25) is 0 Å². The molecule has 0 spiro atoms. The molecular formula is C30H29FN2O3. The van der Waals surface area contributed by atoms with Crippen LogP contribution in [0.4, 0.5) is 15.8 Å². The van der Waals surface area contributed by atoms with Crippen LogP contribution in [-0.2, 0) is 4.74 Å². The van der Waals surface area contributed by atoms with Crippen LogP contribution in [-0.4, -0.2) is 32.3 Å². The number of methoxy groups -OCH3 is 1. The van der Waals surface area contributed by atoms with Crippen molar-refractivity contribution >= 4 is 28.1 Å². The summed E-state index contributed by atoms with van der Waals surface area (Å²) >= 11 is 0. The van der Waals surface area contributed by atoms with E-state index in [2.05, 4.69) is 54.7 Å². The highest BCUT2D eigenvalue weighted by Crippen LogP contribution is 2.39. The fourth-order valence-electron chi connectivity index (χ4n) is 4.83. The molecule has 0 saturated heterocycles. The van der Waals surface area contributed by atoms with Crippen LogP contribution in [0.5, 0.6) is 5.75 Å². The fraction of sp³-hybridized carbons (Fsp3) is 0.233. The van der Waals surface area contributed by atoms with Gasteiger partial charge in [-0.15, -0.1) is 0 Å². The molecule has 1 aliphatic heterocycles. The number of carbonyl (C=O) groups is 1. The number of hydrogen-bond acceptors (Lipinski definition) is 5. The largest absolute Gasteiger partial charge is 0.486 e. The molecule has 1 N–H and O–H groups in total.